The molecule has 0 aliphatic heterocycles. The monoisotopic (exact) mass is 299 g/mol. The average molecular weight is 300 g/mol. The Morgan fingerprint density at radius 2 is 2.05 bits per heavy atom. The lowest BCUT2D eigenvalue weighted by molar-refractivity contribution is 0.0739. The van der Waals surface area contributed by atoms with Crippen LogP contribution in [-0.2, 0) is 0 Å². The summed E-state index contributed by atoms with van der Waals surface area (Å²) < 4.78 is 0. The Bertz CT molecular complexity index is 452. The van der Waals surface area contributed by atoms with Crippen molar-refractivity contribution in [3.8, 4) is 0 Å². The van der Waals surface area contributed by atoms with Gasteiger partial charge in [-0.1, -0.05) is 18.5 Å². The fourth-order valence-electron chi connectivity index (χ4n) is 1.73. The molecule has 1 aromatic heterocycles. The Labute approximate surface area is 124 Å². The maximum atomic E-state index is 12.5. The number of carbonyl (C=O) groups is 1. The van der Waals surface area contributed by atoms with Gasteiger partial charge in [-0.2, -0.15) is 0 Å². The highest BCUT2D eigenvalue weighted by Crippen LogP contribution is 2.18. The molecule has 0 aromatic carbocycles. The van der Waals surface area contributed by atoms with Crippen LogP contribution in [0.4, 0.5) is 5.82 Å². The van der Waals surface area contributed by atoms with Gasteiger partial charge in [0.15, 0.2) is 0 Å². The normalized spacial score (nSPS) is 10.7. The number of rotatable bonds is 7. The van der Waals surface area contributed by atoms with Crippen LogP contribution in [0.2, 0.25) is 5.02 Å². The molecule has 0 aliphatic rings. The minimum absolute atomic E-state index is 0.171. The van der Waals surface area contributed by atoms with Crippen molar-refractivity contribution >= 4 is 23.3 Å². The Morgan fingerprint density at radius 3 is 2.60 bits per heavy atom. The van der Waals surface area contributed by atoms with E-state index in [1.165, 1.54) is 0 Å². The third-order valence-electron chi connectivity index (χ3n) is 2.79. The van der Waals surface area contributed by atoms with Crippen molar-refractivity contribution in [2.75, 3.05) is 39.2 Å². The highest BCUT2D eigenvalue weighted by molar-refractivity contribution is 6.33. The van der Waals surface area contributed by atoms with Gasteiger partial charge in [0.05, 0.1) is 5.02 Å². The third-order valence-corrected chi connectivity index (χ3v) is 3.10. The lowest BCUT2D eigenvalue weighted by atomic mass is 10.2. The van der Waals surface area contributed by atoms with E-state index in [2.05, 4.69) is 10.4 Å². The predicted molar refractivity (Wildman–Crippen MR) is 81.8 cm³/mol. The molecule has 0 fully saturated rings. The van der Waals surface area contributed by atoms with Crippen LogP contribution in [-0.4, -0.2) is 54.4 Å². The molecule has 1 aromatic rings. The molecule has 0 unspecified atom stereocenters. The molecule has 1 heterocycles. The number of amides is 1. The summed E-state index contributed by atoms with van der Waals surface area (Å²) in [5, 5.41) is 0.333. The maximum Gasteiger partial charge on any atom is 0.274 e. The molecule has 0 atom stereocenters. The van der Waals surface area contributed by atoms with Crippen molar-refractivity contribution in [3.05, 3.63) is 22.8 Å². The number of halogens is 1. The van der Waals surface area contributed by atoms with Crippen molar-refractivity contribution < 1.29 is 4.79 Å². The van der Waals surface area contributed by atoms with Gasteiger partial charge in [-0.15, -0.1) is 0 Å². The summed E-state index contributed by atoms with van der Waals surface area (Å²) in [6, 6.07) is 3.25. The zero-order valence-corrected chi connectivity index (χ0v) is 12.9. The van der Waals surface area contributed by atoms with Crippen molar-refractivity contribution in [1.82, 2.24) is 14.8 Å². The molecule has 0 saturated carbocycles. The average Bonchev–Trinajstić information content (AvgIpc) is 2.43. The van der Waals surface area contributed by atoms with Crippen LogP contribution in [0.1, 0.15) is 23.8 Å². The molecule has 0 saturated heterocycles. The first-order chi connectivity index (χ1) is 9.49. The number of nitrogen functional groups attached to an aromatic ring is 1. The number of nitrogens with one attached hydrogen (secondary N) is 1. The molecule has 3 N–H and O–H groups in total. The first-order valence-corrected chi connectivity index (χ1v) is 6.94. The first-order valence-electron chi connectivity index (χ1n) is 6.56. The van der Waals surface area contributed by atoms with Gasteiger partial charge in [0.25, 0.3) is 5.91 Å². The molecule has 0 aliphatic carbocycles. The van der Waals surface area contributed by atoms with Gasteiger partial charge >= 0.3 is 0 Å². The number of hydrazine groups is 1. The number of nitrogens with two attached hydrogens (primary N) is 1. The minimum Gasteiger partial charge on any atom is -0.336 e. The van der Waals surface area contributed by atoms with E-state index in [1.807, 2.05) is 25.9 Å². The van der Waals surface area contributed by atoms with E-state index in [-0.39, 0.29) is 11.6 Å². The van der Waals surface area contributed by atoms with E-state index < -0.39 is 0 Å². The fourth-order valence-corrected chi connectivity index (χ4v) is 1.91. The van der Waals surface area contributed by atoms with Crippen LogP contribution in [0.5, 0.6) is 0 Å². The minimum atomic E-state index is -0.171. The van der Waals surface area contributed by atoms with Crippen molar-refractivity contribution in [3.63, 3.8) is 0 Å². The van der Waals surface area contributed by atoms with E-state index >= 15 is 0 Å². The lowest BCUT2D eigenvalue weighted by Gasteiger charge is -2.24. The van der Waals surface area contributed by atoms with Gasteiger partial charge < -0.3 is 15.2 Å². The number of anilines is 1. The Hall–Kier alpha value is -1.37. The van der Waals surface area contributed by atoms with E-state index in [9.17, 15) is 4.79 Å². The van der Waals surface area contributed by atoms with E-state index in [0.717, 1.165) is 13.0 Å². The summed E-state index contributed by atoms with van der Waals surface area (Å²) >= 11 is 6.07. The highest BCUT2D eigenvalue weighted by atomic mass is 35.5. The van der Waals surface area contributed by atoms with Crippen LogP contribution in [0.25, 0.3) is 0 Å². The van der Waals surface area contributed by atoms with Crippen LogP contribution in [0.15, 0.2) is 12.1 Å². The van der Waals surface area contributed by atoms with Crippen LogP contribution in [0.3, 0.4) is 0 Å². The van der Waals surface area contributed by atoms with Gasteiger partial charge in [0.2, 0.25) is 0 Å². The second kappa shape index (κ2) is 8.04. The summed E-state index contributed by atoms with van der Waals surface area (Å²) in [5.74, 6) is 5.56. The van der Waals surface area contributed by atoms with Gasteiger partial charge in [-0.25, -0.2) is 10.8 Å². The van der Waals surface area contributed by atoms with Crippen molar-refractivity contribution in [2.45, 2.75) is 13.3 Å². The molecule has 112 valence electrons. The van der Waals surface area contributed by atoms with Crippen LogP contribution >= 0.6 is 11.6 Å². The van der Waals surface area contributed by atoms with Crippen LogP contribution in [0, 0.1) is 0 Å². The molecule has 0 bridgehead atoms. The van der Waals surface area contributed by atoms with Gasteiger partial charge in [-0.05, 0) is 32.6 Å². The van der Waals surface area contributed by atoms with Crippen molar-refractivity contribution in [2.24, 2.45) is 5.84 Å². The number of aromatic nitrogens is 1. The summed E-state index contributed by atoms with van der Waals surface area (Å²) in [6.45, 7) is 4.13. The van der Waals surface area contributed by atoms with Gasteiger partial charge in [0, 0.05) is 19.6 Å². The molecular weight excluding hydrogens is 278 g/mol. The molecule has 1 rings (SSSR count). The standard InChI is InChI=1S/C13H22ClN5O/c1-4-7-19(9-8-18(2)3)13(20)12-10(14)5-6-11(16-12)17-15/h5-6H,4,7-9,15H2,1-3H3,(H,16,17). The maximum absolute atomic E-state index is 12.5. The SMILES string of the molecule is CCCN(CCN(C)C)C(=O)c1nc(NN)ccc1Cl. The number of pyridine rings is 1. The zero-order chi connectivity index (χ0) is 15.1. The van der Waals surface area contributed by atoms with Crippen LogP contribution < -0.4 is 11.3 Å². The highest BCUT2D eigenvalue weighted by Gasteiger charge is 2.20. The largest absolute Gasteiger partial charge is 0.336 e. The number of carbonyl (C=O) groups excluding carboxylic acids is 1. The molecular formula is C13H22ClN5O. The lowest BCUT2D eigenvalue weighted by Crippen LogP contribution is -2.37. The molecule has 0 spiro atoms. The number of nitrogens with zero attached hydrogens (tertiary/aromatic N) is 3. The molecule has 20 heavy (non-hydrogen) atoms. The van der Waals surface area contributed by atoms with E-state index in [4.69, 9.17) is 17.4 Å². The second-order valence-corrected chi connectivity index (χ2v) is 5.17. The number of hydrogen-bond acceptors (Lipinski definition) is 5. The summed E-state index contributed by atoms with van der Waals surface area (Å²) in [4.78, 5) is 20.5. The Balaban J connectivity index is 2.93. The number of likely N-dealkylation sites (N-methyl/N-ethyl adjacent to an activating group) is 1. The Morgan fingerprint density at radius 1 is 1.35 bits per heavy atom. The van der Waals surface area contributed by atoms with E-state index in [0.29, 0.717) is 23.9 Å². The molecule has 6 nitrogen and oxygen atoms in total. The summed E-state index contributed by atoms with van der Waals surface area (Å²) in [5.41, 5.74) is 2.65. The quantitative estimate of drug-likeness (QED) is 0.588. The van der Waals surface area contributed by atoms with Gasteiger partial charge in [0.1, 0.15) is 11.5 Å². The predicted octanol–water partition coefficient (Wildman–Crippen LogP) is 1.43. The Kier molecular flexibility index (Phi) is 6.70. The smallest absolute Gasteiger partial charge is 0.274 e. The molecule has 1 amide bonds. The fraction of sp³-hybridized carbons (Fsp3) is 0.538. The van der Waals surface area contributed by atoms with Crippen molar-refractivity contribution in [1.29, 1.82) is 0 Å². The number of hydrogen-bond donors (Lipinski definition) is 2. The van der Waals surface area contributed by atoms with Gasteiger partial charge in [-0.3, -0.25) is 4.79 Å². The molecule has 0 radical (unpaired) electrons. The van der Waals surface area contributed by atoms with E-state index in [1.54, 1.807) is 17.0 Å². The topological polar surface area (TPSA) is 74.5 Å². The summed E-state index contributed by atoms with van der Waals surface area (Å²) in [7, 11) is 3.94. The molecule has 7 heteroatoms. The summed E-state index contributed by atoms with van der Waals surface area (Å²) in [6.07, 6.45) is 0.881. The first kappa shape index (κ1) is 16.7. The second-order valence-electron chi connectivity index (χ2n) is 4.77. The third kappa shape index (κ3) is 4.63. The zero-order valence-electron chi connectivity index (χ0n) is 12.2.